The van der Waals surface area contributed by atoms with E-state index in [1.165, 1.54) is 0 Å². The van der Waals surface area contributed by atoms with Crippen molar-refractivity contribution in [3.05, 3.63) is 60.3 Å². The standard InChI is InChI=1S/C16H17N3O/c1-2-9-19-11-17-10-14(19)16(20)13-7-3-5-12-6-4-8-18-15(12)13/h3-8,10-11,16,20H,2,9H2,1H3. The Bertz CT molecular complexity index is 715. The quantitative estimate of drug-likeness (QED) is 0.790. The Morgan fingerprint density at radius 1 is 1.25 bits per heavy atom. The van der Waals surface area contributed by atoms with Crippen LogP contribution in [-0.4, -0.2) is 19.6 Å². The third-order valence-corrected chi connectivity index (χ3v) is 3.45. The second-order valence-electron chi connectivity index (χ2n) is 4.84. The SMILES string of the molecule is CCCn1cncc1C(O)c1cccc2cccnc12. The molecule has 20 heavy (non-hydrogen) atoms. The van der Waals surface area contributed by atoms with Gasteiger partial charge in [0.25, 0.3) is 0 Å². The minimum Gasteiger partial charge on any atom is -0.382 e. The zero-order valence-electron chi connectivity index (χ0n) is 11.4. The lowest BCUT2D eigenvalue weighted by molar-refractivity contribution is 0.211. The summed E-state index contributed by atoms with van der Waals surface area (Å²) in [5.74, 6) is 0. The number of nitrogens with zero attached hydrogens (tertiary/aromatic N) is 3. The normalized spacial score (nSPS) is 12.7. The fourth-order valence-electron chi connectivity index (χ4n) is 2.49. The van der Waals surface area contributed by atoms with Crippen LogP contribution < -0.4 is 0 Å². The van der Waals surface area contributed by atoms with Gasteiger partial charge in [0.15, 0.2) is 0 Å². The van der Waals surface area contributed by atoms with E-state index in [0.717, 1.165) is 35.1 Å². The Morgan fingerprint density at radius 2 is 2.10 bits per heavy atom. The van der Waals surface area contributed by atoms with Gasteiger partial charge in [-0.3, -0.25) is 4.98 Å². The molecule has 2 aromatic heterocycles. The van der Waals surface area contributed by atoms with Crippen molar-refractivity contribution in [1.82, 2.24) is 14.5 Å². The van der Waals surface area contributed by atoms with Gasteiger partial charge in [0.05, 0.1) is 23.7 Å². The number of fused-ring (bicyclic) bond motifs is 1. The second-order valence-corrected chi connectivity index (χ2v) is 4.84. The Kier molecular flexibility index (Phi) is 3.48. The number of benzene rings is 1. The van der Waals surface area contributed by atoms with E-state index in [-0.39, 0.29) is 0 Å². The lowest BCUT2D eigenvalue weighted by atomic mass is 10.0. The monoisotopic (exact) mass is 267 g/mol. The highest BCUT2D eigenvalue weighted by Gasteiger charge is 2.17. The van der Waals surface area contributed by atoms with Gasteiger partial charge in [-0.1, -0.05) is 31.2 Å². The summed E-state index contributed by atoms with van der Waals surface area (Å²) in [6, 6.07) is 9.77. The first-order chi connectivity index (χ1) is 9.81. The summed E-state index contributed by atoms with van der Waals surface area (Å²) in [5, 5.41) is 11.7. The van der Waals surface area contributed by atoms with E-state index in [1.54, 1.807) is 18.7 Å². The van der Waals surface area contributed by atoms with Crippen LogP contribution in [0.15, 0.2) is 49.1 Å². The van der Waals surface area contributed by atoms with Crippen LogP contribution in [0.3, 0.4) is 0 Å². The minimum absolute atomic E-state index is 0.706. The molecule has 3 rings (SSSR count). The topological polar surface area (TPSA) is 50.9 Å². The van der Waals surface area contributed by atoms with E-state index in [0.29, 0.717) is 0 Å². The Labute approximate surface area is 117 Å². The van der Waals surface area contributed by atoms with Crippen molar-refractivity contribution in [3.8, 4) is 0 Å². The van der Waals surface area contributed by atoms with Crippen molar-refractivity contribution in [2.24, 2.45) is 0 Å². The highest BCUT2D eigenvalue weighted by atomic mass is 16.3. The molecule has 0 saturated carbocycles. The summed E-state index contributed by atoms with van der Waals surface area (Å²) in [4.78, 5) is 8.55. The van der Waals surface area contributed by atoms with E-state index in [1.807, 2.05) is 34.9 Å². The molecule has 0 saturated heterocycles. The van der Waals surface area contributed by atoms with Crippen LogP contribution in [0.25, 0.3) is 10.9 Å². The summed E-state index contributed by atoms with van der Waals surface area (Å²) in [7, 11) is 0. The molecule has 4 nitrogen and oxygen atoms in total. The number of aliphatic hydroxyl groups is 1. The van der Waals surface area contributed by atoms with Crippen LogP contribution in [-0.2, 0) is 6.54 Å². The Balaban J connectivity index is 2.08. The van der Waals surface area contributed by atoms with Gasteiger partial charge in [0.1, 0.15) is 6.10 Å². The van der Waals surface area contributed by atoms with Crippen molar-refractivity contribution < 1.29 is 5.11 Å². The number of aliphatic hydroxyl groups excluding tert-OH is 1. The molecular weight excluding hydrogens is 250 g/mol. The van der Waals surface area contributed by atoms with Gasteiger partial charge in [-0.05, 0) is 12.5 Å². The molecule has 0 radical (unpaired) electrons. The number of hydrogen-bond donors (Lipinski definition) is 1. The van der Waals surface area contributed by atoms with Crippen molar-refractivity contribution >= 4 is 10.9 Å². The minimum atomic E-state index is -0.706. The highest BCUT2D eigenvalue weighted by Crippen LogP contribution is 2.27. The molecule has 0 fully saturated rings. The van der Waals surface area contributed by atoms with Crippen LogP contribution in [0, 0.1) is 0 Å². The molecule has 1 unspecified atom stereocenters. The van der Waals surface area contributed by atoms with Crippen molar-refractivity contribution in [3.63, 3.8) is 0 Å². The number of para-hydroxylation sites is 1. The Morgan fingerprint density at radius 3 is 2.95 bits per heavy atom. The van der Waals surface area contributed by atoms with Gasteiger partial charge in [-0.15, -0.1) is 0 Å². The van der Waals surface area contributed by atoms with Crippen LogP contribution in [0.2, 0.25) is 0 Å². The van der Waals surface area contributed by atoms with E-state index in [2.05, 4.69) is 16.9 Å². The molecule has 4 heteroatoms. The molecule has 1 atom stereocenters. The van der Waals surface area contributed by atoms with Crippen LogP contribution >= 0.6 is 0 Å². The zero-order valence-corrected chi connectivity index (χ0v) is 11.4. The summed E-state index contributed by atoms with van der Waals surface area (Å²) in [5.41, 5.74) is 2.47. The maximum atomic E-state index is 10.7. The third kappa shape index (κ3) is 2.18. The average Bonchev–Trinajstić information content (AvgIpc) is 2.94. The van der Waals surface area contributed by atoms with Crippen LogP contribution in [0.5, 0.6) is 0 Å². The number of hydrogen-bond acceptors (Lipinski definition) is 3. The Hall–Kier alpha value is -2.20. The number of pyridine rings is 1. The van der Waals surface area contributed by atoms with Crippen LogP contribution in [0.1, 0.15) is 30.7 Å². The second kappa shape index (κ2) is 5.43. The molecule has 0 spiro atoms. The van der Waals surface area contributed by atoms with E-state index < -0.39 is 6.10 Å². The zero-order chi connectivity index (χ0) is 13.9. The van der Waals surface area contributed by atoms with Crippen molar-refractivity contribution in [2.75, 3.05) is 0 Å². The fraction of sp³-hybridized carbons (Fsp3) is 0.250. The van der Waals surface area contributed by atoms with Gasteiger partial charge in [-0.25, -0.2) is 4.98 Å². The third-order valence-electron chi connectivity index (χ3n) is 3.45. The lowest BCUT2D eigenvalue weighted by Gasteiger charge is -2.15. The van der Waals surface area contributed by atoms with Gasteiger partial charge in [0, 0.05) is 23.7 Å². The molecule has 0 amide bonds. The number of rotatable bonds is 4. The molecule has 1 N–H and O–H groups in total. The molecule has 0 aliphatic heterocycles. The molecule has 0 aliphatic rings. The predicted octanol–water partition coefficient (Wildman–Crippen LogP) is 2.92. The summed E-state index contributed by atoms with van der Waals surface area (Å²) < 4.78 is 1.99. The fourth-order valence-corrected chi connectivity index (χ4v) is 2.49. The highest BCUT2D eigenvalue weighted by molar-refractivity contribution is 5.82. The maximum absolute atomic E-state index is 10.7. The summed E-state index contributed by atoms with van der Waals surface area (Å²) in [6.45, 7) is 2.96. The van der Waals surface area contributed by atoms with Gasteiger partial charge in [-0.2, -0.15) is 0 Å². The first-order valence-corrected chi connectivity index (χ1v) is 6.83. The van der Waals surface area contributed by atoms with Gasteiger partial charge in [0.2, 0.25) is 0 Å². The largest absolute Gasteiger partial charge is 0.382 e. The van der Waals surface area contributed by atoms with E-state index in [4.69, 9.17) is 0 Å². The van der Waals surface area contributed by atoms with Crippen molar-refractivity contribution in [2.45, 2.75) is 26.0 Å². The molecule has 2 heterocycles. The molecule has 3 aromatic rings. The molecule has 0 aliphatic carbocycles. The molecule has 1 aromatic carbocycles. The number of aromatic nitrogens is 3. The van der Waals surface area contributed by atoms with E-state index >= 15 is 0 Å². The predicted molar refractivity (Wildman–Crippen MR) is 78.3 cm³/mol. The maximum Gasteiger partial charge on any atom is 0.123 e. The molecule has 0 bridgehead atoms. The summed E-state index contributed by atoms with van der Waals surface area (Å²) >= 11 is 0. The molecule has 102 valence electrons. The van der Waals surface area contributed by atoms with Crippen LogP contribution in [0.4, 0.5) is 0 Å². The first kappa shape index (κ1) is 12.8. The summed E-state index contributed by atoms with van der Waals surface area (Å²) in [6.07, 6.45) is 5.54. The van der Waals surface area contributed by atoms with E-state index in [9.17, 15) is 5.11 Å². The smallest absolute Gasteiger partial charge is 0.123 e. The number of imidazole rings is 1. The van der Waals surface area contributed by atoms with Gasteiger partial charge >= 0.3 is 0 Å². The lowest BCUT2D eigenvalue weighted by Crippen LogP contribution is -2.08. The average molecular weight is 267 g/mol. The molecular formula is C16H17N3O. The van der Waals surface area contributed by atoms with Crippen molar-refractivity contribution in [1.29, 1.82) is 0 Å². The van der Waals surface area contributed by atoms with Gasteiger partial charge < -0.3 is 9.67 Å². The first-order valence-electron chi connectivity index (χ1n) is 6.83. The number of aryl methyl sites for hydroxylation is 1.